The summed E-state index contributed by atoms with van der Waals surface area (Å²) in [4.78, 5) is 17.9. The van der Waals surface area contributed by atoms with Crippen LogP contribution >= 0.6 is 11.5 Å². The standard InChI is InChI=1S/C19H18FN3O2S/c1-11-8-23(9-12(2)25-11)18-13(10-24)7-14-17(15-5-3-4-6-21-15)22-26-19(14)16(18)20/h3-7,10-12H,8-9H2,1-2H3/t11-,12+. The van der Waals surface area contributed by atoms with Gasteiger partial charge in [-0.2, -0.15) is 4.37 Å². The summed E-state index contributed by atoms with van der Waals surface area (Å²) in [5.74, 6) is -0.398. The van der Waals surface area contributed by atoms with E-state index >= 15 is 4.39 Å². The van der Waals surface area contributed by atoms with Gasteiger partial charge in [0.25, 0.3) is 0 Å². The second-order valence-corrected chi connectivity index (χ2v) is 7.30. The van der Waals surface area contributed by atoms with E-state index in [4.69, 9.17) is 4.74 Å². The highest BCUT2D eigenvalue weighted by molar-refractivity contribution is 7.13. The number of aromatic nitrogens is 2. The molecular weight excluding hydrogens is 353 g/mol. The number of hydrogen-bond acceptors (Lipinski definition) is 6. The van der Waals surface area contributed by atoms with Gasteiger partial charge in [0.15, 0.2) is 12.1 Å². The molecule has 2 atom stereocenters. The number of benzene rings is 1. The maximum atomic E-state index is 15.4. The number of ether oxygens (including phenoxy) is 1. The van der Waals surface area contributed by atoms with E-state index < -0.39 is 5.82 Å². The molecule has 1 aromatic carbocycles. The number of morpholine rings is 1. The second kappa shape index (κ2) is 6.74. The molecule has 0 aliphatic carbocycles. The van der Waals surface area contributed by atoms with E-state index in [0.717, 1.165) is 11.5 Å². The van der Waals surface area contributed by atoms with Gasteiger partial charge in [0.2, 0.25) is 0 Å². The molecule has 0 bridgehead atoms. The van der Waals surface area contributed by atoms with Crippen molar-refractivity contribution in [2.24, 2.45) is 0 Å². The first-order valence-corrected chi connectivity index (χ1v) is 9.24. The molecule has 0 saturated carbocycles. The molecule has 0 unspecified atom stereocenters. The summed E-state index contributed by atoms with van der Waals surface area (Å²) in [6.07, 6.45) is 2.32. The first-order valence-electron chi connectivity index (χ1n) is 8.47. The largest absolute Gasteiger partial charge is 0.372 e. The number of carbonyl (C=O) groups is 1. The third kappa shape index (κ3) is 2.87. The molecule has 4 rings (SSSR count). The lowest BCUT2D eigenvalue weighted by molar-refractivity contribution is -0.00541. The number of halogens is 1. The van der Waals surface area contributed by atoms with Crippen LogP contribution in [0.15, 0.2) is 30.5 Å². The number of anilines is 1. The Kier molecular flexibility index (Phi) is 4.42. The third-order valence-electron chi connectivity index (χ3n) is 4.48. The monoisotopic (exact) mass is 371 g/mol. The van der Waals surface area contributed by atoms with Gasteiger partial charge in [-0.1, -0.05) is 6.07 Å². The number of aldehydes is 1. The molecule has 3 aromatic rings. The van der Waals surface area contributed by atoms with Crippen molar-refractivity contribution in [3.05, 3.63) is 41.8 Å². The molecule has 3 heterocycles. The van der Waals surface area contributed by atoms with E-state index in [1.54, 1.807) is 12.3 Å². The van der Waals surface area contributed by atoms with Gasteiger partial charge in [0, 0.05) is 30.2 Å². The average molecular weight is 371 g/mol. The van der Waals surface area contributed by atoms with Crippen LogP contribution in [0.1, 0.15) is 24.2 Å². The molecule has 1 fully saturated rings. The number of nitrogens with zero attached hydrogens (tertiary/aromatic N) is 3. The molecule has 0 radical (unpaired) electrons. The lowest BCUT2D eigenvalue weighted by atomic mass is 10.0. The average Bonchev–Trinajstić information content (AvgIpc) is 3.05. The predicted octanol–water partition coefficient (Wildman–Crippen LogP) is 3.92. The maximum absolute atomic E-state index is 15.4. The maximum Gasteiger partial charge on any atom is 0.166 e. The number of rotatable bonds is 3. The molecule has 1 aliphatic rings. The van der Waals surface area contributed by atoms with Crippen molar-refractivity contribution in [3.8, 4) is 11.4 Å². The third-order valence-corrected chi connectivity index (χ3v) is 5.33. The molecule has 134 valence electrons. The molecule has 1 aliphatic heterocycles. The molecule has 7 heteroatoms. The van der Waals surface area contributed by atoms with Crippen LogP contribution in [0.3, 0.4) is 0 Å². The zero-order chi connectivity index (χ0) is 18.3. The topological polar surface area (TPSA) is 55.3 Å². The first kappa shape index (κ1) is 17.1. The van der Waals surface area contributed by atoms with E-state index in [1.807, 2.05) is 36.9 Å². The van der Waals surface area contributed by atoms with Crippen LogP contribution in [-0.2, 0) is 4.74 Å². The minimum absolute atomic E-state index is 0.0288. The van der Waals surface area contributed by atoms with Crippen LogP contribution in [0.25, 0.3) is 21.5 Å². The molecule has 1 saturated heterocycles. The Morgan fingerprint density at radius 1 is 1.31 bits per heavy atom. The smallest absolute Gasteiger partial charge is 0.166 e. The fourth-order valence-electron chi connectivity index (χ4n) is 3.51. The Hall–Kier alpha value is -2.38. The lowest BCUT2D eigenvalue weighted by Gasteiger charge is -2.37. The SMILES string of the molecule is C[C@@H]1CN(c2c(C=O)cc3c(-c4ccccn4)nsc3c2F)C[C@H](C)O1. The fraction of sp³-hybridized carbons (Fsp3) is 0.316. The summed E-state index contributed by atoms with van der Waals surface area (Å²) < 4.78 is 26.0. The van der Waals surface area contributed by atoms with Crippen LogP contribution < -0.4 is 4.90 Å². The quantitative estimate of drug-likeness (QED) is 0.653. The van der Waals surface area contributed by atoms with Gasteiger partial charge in [-0.25, -0.2) is 4.39 Å². The molecule has 26 heavy (non-hydrogen) atoms. The Bertz CT molecular complexity index is 950. The summed E-state index contributed by atoms with van der Waals surface area (Å²) in [5.41, 5.74) is 1.93. The Morgan fingerprint density at radius 2 is 2.08 bits per heavy atom. The summed E-state index contributed by atoms with van der Waals surface area (Å²) in [6.45, 7) is 4.98. The summed E-state index contributed by atoms with van der Waals surface area (Å²) in [6, 6.07) is 7.22. The zero-order valence-electron chi connectivity index (χ0n) is 14.5. The number of hydrogen-bond donors (Lipinski definition) is 0. The van der Waals surface area contributed by atoms with E-state index in [1.165, 1.54) is 0 Å². The van der Waals surface area contributed by atoms with Crippen molar-refractivity contribution in [3.63, 3.8) is 0 Å². The molecule has 5 nitrogen and oxygen atoms in total. The fourth-order valence-corrected chi connectivity index (χ4v) is 4.31. The van der Waals surface area contributed by atoms with Crippen LogP contribution in [0.5, 0.6) is 0 Å². The first-order chi connectivity index (χ1) is 12.6. The minimum atomic E-state index is -0.398. The van der Waals surface area contributed by atoms with Crippen molar-refractivity contribution in [2.75, 3.05) is 18.0 Å². The molecule has 2 aromatic heterocycles. The van der Waals surface area contributed by atoms with Crippen molar-refractivity contribution >= 4 is 33.6 Å². The van der Waals surface area contributed by atoms with Gasteiger partial charge in [0.05, 0.1) is 28.3 Å². The lowest BCUT2D eigenvalue weighted by Crippen LogP contribution is -2.46. The zero-order valence-corrected chi connectivity index (χ0v) is 15.3. The van der Waals surface area contributed by atoms with Gasteiger partial charge in [0.1, 0.15) is 5.69 Å². The Balaban J connectivity index is 1.88. The second-order valence-electron chi connectivity index (χ2n) is 6.53. The Labute approximate surface area is 154 Å². The number of pyridine rings is 1. The van der Waals surface area contributed by atoms with E-state index in [2.05, 4.69) is 9.36 Å². The van der Waals surface area contributed by atoms with Gasteiger partial charge in [-0.3, -0.25) is 9.78 Å². The summed E-state index contributed by atoms with van der Waals surface area (Å²) in [5, 5.41) is 0.617. The number of fused-ring (bicyclic) bond motifs is 1. The summed E-state index contributed by atoms with van der Waals surface area (Å²) in [7, 11) is 0. The van der Waals surface area contributed by atoms with Crippen LogP contribution in [0.2, 0.25) is 0 Å². The van der Waals surface area contributed by atoms with E-state index in [-0.39, 0.29) is 12.2 Å². The van der Waals surface area contributed by atoms with Gasteiger partial charge in [-0.15, -0.1) is 0 Å². The van der Waals surface area contributed by atoms with Gasteiger partial charge >= 0.3 is 0 Å². The molecule has 0 spiro atoms. The van der Waals surface area contributed by atoms with E-state index in [9.17, 15) is 4.79 Å². The van der Waals surface area contributed by atoms with Crippen molar-refractivity contribution in [1.29, 1.82) is 0 Å². The Morgan fingerprint density at radius 3 is 2.73 bits per heavy atom. The molecule has 0 amide bonds. The normalized spacial score (nSPS) is 20.5. The summed E-state index contributed by atoms with van der Waals surface area (Å²) >= 11 is 1.10. The highest BCUT2D eigenvalue weighted by Gasteiger charge is 2.28. The molecular formula is C19H18FN3O2S. The van der Waals surface area contributed by atoms with Crippen LogP contribution in [0.4, 0.5) is 10.1 Å². The van der Waals surface area contributed by atoms with Crippen LogP contribution in [-0.4, -0.2) is 40.9 Å². The highest BCUT2D eigenvalue weighted by atomic mass is 32.1. The minimum Gasteiger partial charge on any atom is -0.372 e. The van der Waals surface area contributed by atoms with Crippen LogP contribution in [0, 0.1) is 5.82 Å². The van der Waals surface area contributed by atoms with Crippen molar-refractivity contribution in [2.45, 2.75) is 26.1 Å². The van der Waals surface area contributed by atoms with Gasteiger partial charge in [-0.05, 0) is 43.6 Å². The predicted molar refractivity (Wildman–Crippen MR) is 100 cm³/mol. The molecule has 0 N–H and O–H groups in total. The van der Waals surface area contributed by atoms with E-state index in [0.29, 0.717) is 52.1 Å². The van der Waals surface area contributed by atoms with Crippen molar-refractivity contribution < 1.29 is 13.9 Å². The highest BCUT2D eigenvalue weighted by Crippen LogP contribution is 2.38. The van der Waals surface area contributed by atoms with Gasteiger partial charge < -0.3 is 9.64 Å². The van der Waals surface area contributed by atoms with Crippen molar-refractivity contribution in [1.82, 2.24) is 9.36 Å². The number of carbonyl (C=O) groups excluding carboxylic acids is 1.